The number of nitrogen functional groups attached to an aromatic ring is 1. The van der Waals surface area contributed by atoms with E-state index in [1.54, 1.807) is 28.6 Å². The Kier molecular flexibility index (Phi) is 4.51. The normalized spacial score (nSPS) is 12.5. The molecular weight excluding hydrogens is 362 g/mol. The zero-order valence-electron chi connectivity index (χ0n) is 15.0. The van der Waals surface area contributed by atoms with Crippen molar-refractivity contribution in [2.24, 2.45) is 0 Å². The summed E-state index contributed by atoms with van der Waals surface area (Å²) in [4.78, 5) is 16.4. The van der Waals surface area contributed by atoms with Crippen molar-refractivity contribution in [2.75, 3.05) is 12.8 Å². The summed E-state index contributed by atoms with van der Waals surface area (Å²) in [5, 5.41) is 4.65. The van der Waals surface area contributed by atoms with Gasteiger partial charge in [0.25, 0.3) is 0 Å². The van der Waals surface area contributed by atoms with Crippen molar-refractivity contribution in [2.45, 2.75) is 19.6 Å². The van der Waals surface area contributed by atoms with Crippen molar-refractivity contribution in [3.05, 3.63) is 69.7 Å². The van der Waals surface area contributed by atoms with Gasteiger partial charge in [-0.05, 0) is 35.9 Å². The summed E-state index contributed by atoms with van der Waals surface area (Å²) in [6.45, 7) is 2.35. The molecule has 0 saturated heterocycles. The van der Waals surface area contributed by atoms with Crippen molar-refractivity contribution in [3.63, 3.8) is 0 Å². The maximum Gasteiger partial charge on any atom is 0.310 e. The Morgan fingerprint density at radius 2 is 2.11 bits per heavy atom. The molecule has 7 nitrogen and oxygen atoms in total. The molecule has 0 amide bonds. The van der Waals surface area contributed by atoms with E-state index >= 15 is 0 Å². The van der Waals surface area contributed by atoms with Gasteiger partial charge in [-0.15, -0.1) is 0 Å². The molecular formula is C19H19N5O2S. The molecule has 1 aromatic carbocycles. The largest absolute Gasteiger partial charge is 0.397 e. The molecule has 27 heavy (non-hydrogen) atoms. The van der Waals surface area contributed by atoms with Gasteiger partial charge in [0.05, 0.1) is 27.8 Å². The zero-order valence-corrected chi connectivity index (χ0v) is 15.8. The number of benzene rings is 1. The average Bonchev–Trinajstić information content (AvgIpc) is 3.27. The van der Waals surface area contributed by atoms with Crippen LogP contribution in [0.2, 0.25) is 0 Å². The Hall–Kier alpha value is -2.97. The molecule has 0 saturated carbocycles. The predicted octanol–water partition coefficient (Wildman–Crippen LogP) is 2.98. The first-order chi connectivity index (χ1) is 13.1. The summed E-state index contributed by atoms with van der Waals surface area (Å²) in [6, 6.07) is 11.7. The quantitative estimate of drug-likeness (QED) is 0.574. The molecule has 4 aromatic rings. The number of methoxy groups -OCH3 is 1. The first-order valence-corrected chi connectivity index (χ1v) is 9.28. The van der Waals surface area contributed by atoms with Crippen molar-refractivity contribution in [1.82, 2.24) is 19.3 Å². The number of nitrogens with two attached hydrogens (primary N) is 1. The number of ether oxygens (including phenoxy) is 1. The molecule has 0 fully saturated rings. The van der Waals surface area contributed by atoms with Gasteiger partial charge in [-0.3, -0.25) is 9.36 Å². The van der Waals surface area contributed by atoms with Crippen molar-refractivity contribution in [1.29, 1.82) is 0 Å². The van der Waals surface area contributed by atoms with Crippen LogP contribution in [-0.2, 0) is 11.5 Å². The Morgan fingerprint density at radius 1 is 1.26 bits per heavy atom. The highest BCUT2D eigenvalue weighted by Gasteiger charge is 2.15. The van der Waals surface area contributed by atoms with E-state index in [1.165, 1.54) is 11.3 Å². The molecule has 0 bridgehead atoms. The van der Waals surface area contributed by atoms with Crippen LogP contribution in [0.5, 0.6) is 0 Å². The maximum atomic E-state index is 12.1. The summed E-state index contributed by atoms with van der Waals surface area (Å²) in [6.07, 6.45) is 3.50. The van der Waals surface area contributed by atoms with E-state index in [9.17, 15) is 4.79 Å². The van der Waals surface area contributed by atoms with Gasteiger partial charge in [-0.1, -0.05) is 24.3 Å². The molecule has 1 atom stereocenters. The molecule has 0 aliphatic heterocycles. The summed E-state index contributed by atoms with van der Waals surface area (Å²) in [7, 11) is 1.58. The highest BCUT2D eigenvalue weighted by atomic mass is 32.1. The van der Waals surface area contributed by atoms with E-state index in [1.807, 2.05) is 30.5 Å². The standard InChI is InChI=1S/C19H19N5O2S/c1-12(15-7-8-24(22-15)18-6-4-14(20)10-21-18)13-3-5-16-17(9-13)27-19(25)23(16)11-26-2/h3-10,12H,11,20H2,1-2H3. The van der Waals surface area contributed by atoms with Gasteiger partial charge in [0.15, 0.2) is 5.82 Å². The van der Waals surface area contributed by atoms with Gasteiger partial charge < -0.3 is 10.5 Å². The second kappa shape index (κ2) is 6.98. The maximum absolute atomic E-state index is 12.1. The minimum absolute atomic E-state index is 0.0182. The summed E-state index contributed by atoms with van der Waals surface area (Å²) in [5.74, 6) is 0.797. The van der Waals surface area contributed by atoms with Gasteiger partial charge in [0.2, 0.25) is 0 Å². The number of nitrogens with zero attached hydrogens (tertiary/aromatic N) is 4. The summed E-state index contributed by atoms with van der Waals surface area (Å²) >= 11 is 1.23. The highest BCUT2D eigenvalue weighted by Crippen LogP contribution is 2.27. The molecule has 0 aliphatic rings. The van der Waals surface area contributed by atoms with Crippen LogP contribution in [0.1, 0.15) is 24.1 Å². The van der Waals surface area contributed by atoms with Gasteiger partial charge >= 0.3 is 4.87 Å². The lowest BCUT2D eigenvalue weighted by molar-refractivity contribution is 0.133. The molecule has 0 radical (unpaired) electrons. The van der Waals surface area contributed by atoms with Gasteiger partial charge in [-0.2, -0.15) is 5.10 Å². The fourth-order valence-electron chi connectivity index (χ4n) is 3.00. The van der Waals surface area contributed by atoms with Crippen LogP contribution in [0.3, 0.4) is 0 Å². The zero-order chi connectivity index (χ0) is 19.0. The lowest BCUT2D eigenvalue weighted by Gasteiger charge is -2.10. The first kappa shape index (κ1) is 17.4. The third-order valence-electron chi connectivity index (χ3n) is 4.51. The Balaban J connectivity index is 1.65. The molecule has 3 heterocycles. The number of rotatable bonds is 5. The molecule has 2 N–H and O–H groups in total. The minimum Gasteiger partial charge on any atom is -0.397 e. The molecule has 138 valence electrons. The van der Waals surface area contributed by atoms with Crippen LogP contribution >= 0.6 is 11.3 Å². The van der Waals surface area contributed by atoms with Gasteiger partial charge in [-0.25, -0.2) is 9.67 Å². The van der Waals surface area contributed by atoms with Crippen LogP contribution in [0.25, 0.3) is 16.0 Å². The number of fused-ring (bicyclic) bond motifs is 1. The number of hydrogen-bond acceptors (Lipinski definition) is 6. The van der Waals surface area contributed by atoms with E-state index in [0.717, 1.165) is 21.5 Å². The second-order valence-corrected chi connectivity index (χ2v) is 7.29. The molecule has 0 aliphatic carbocycles. The smallest absolute Gasteiger partial charge is 0.310 e. The third kappa shape index (κ3) is 3.24. The molecule has 8 heteroatoms. The Labute approximate surface area is 159 Å². The minimum atomic E-state index is -0.0182. The lowest BCUT2D eigenvalue weighted by Crippen LogP contribution is -2.13. The average molecular weight is 381 g/mol. The molecule has 4 rings (SSSR count). The molecule has 3 aromatic heterocycles. The van der Waals surface area contributed by atoms with Crippen LogP contribution in [0.4, 0.5) is 5.69 Å². The SMILES string of the molecule is COCn1c(=O)sc2cc(C(C)c3ccn(-c4ccc(N)cn4)n3)ccc21. The van der Waals surface area contributed by atoms with E-state index in [-0.39, 0.29) is 17.5 Å². The third-order valence-corrected chi connectivity index (χ3v) is 5.45. The second-order valence-electron chi connectivity index (χ2n) is 6.30. The van der Waals surface area contributed by atoms with E-state index in [0.29, 0.717) is 11.5 Å². The fourth-order valence-corrected chi connectivity index (χ4v) is 3.93. The number of hydrogen-bond donors (Lipinski definition) is 1. The molecule has 1 unspecified atom stereocenters. The Bertz CT molecular complexity index is 1140. The monoisotopic (exact) mass is 381 g/mol. The predicted molar refractivity (Wildman–Crippen MR) is 106 cm³/mol. The fraction of sp³-hybridized carbons (Fsp3) is 0.211. The van der Waals surface area contributed by atoms with E-state index in [2.05, 4.69) is 23.1 Å². The summed E-state index contributed by atoms with van der Waals surface area (Å²) in [5.41, 5.74) is 9.22. The van der Waals surface area contributed by atoms with E-state index in [4.69, 9.17) is 10.5 Å². The first-order valence-electron chi connectivity index (χ1n) is 8.46. The highest BCUT2D eigenvalue weighted by molar-refractivity contribution is 7.16. The van der Waals surface area contributed by atoms with Crippen molar-refractivity contribution in [3.8, 4) is 5.82 Å². The van der Waals surface area contributed by atoms with Crippen LogP contribution in [0, 0.1) is 0 Å². The lowest BCUT2D eigenvalue weighted by atomic mass is 9.98. The van der Waals surface area contributed by atoms with Gasteiger partial charge in [0.1, 0.15) is 6.73 Å². The summed E-state index contributed by atoms with van der Waals surface area (Å²) < 4.78 is 9.43. The van der Waals surface area contributed by atoms with Crippen LogP contribution in [0.15, 0.2) is 53.6 Å². The number of thiazole rings is 1. The van der Waals surface area contributed by atoms with E-state index < -0.39 is 0 Å². The number of pyridine rings is 1. The van der Waals surface area contributed by atoms with Crippen LogP contribution < -0.4 is 10.6 Å². The number of anilines is 1. The molecule has 0 spiro atoms. The van der Waals surface area contributed by atoms with Crippen molar-refractivity contribution >= 4 is 27.2 Å². The topological polar surface area (TPSA) is 88.0 Å². The van der Waals surface area contributed by atoms with Crippen LogP contribution in [-0.4, -0.2) is 26.4 Å². The van der Waals surface area contributed by atoms with Crippen molar-refractivity contribution < 1.29 is 4.74 Å². The number of aromatic nitrogens is 4. The Morgan fingerprint density at radius 3 is 2.85 bits per heavy atom. The van der Waals surface area contributed by atoms with Gasteiger partial charge in [0, 0.05) is 19.2 Å².